The van der Waals surface area contributed by atoms with Crippen molar-refractivity contribution < 1.29 is 19.1 Å². The number of esters is 1. The van der Waals surface area contributed by atoms with Gasteiger partial charge < -0.3 is 19.3 Å². The van der Waals surface area contributed by atoms with Gasteiger partial charge in [-0.1, -0.05) is 51.9 Å². The molecule has 0 unspecified atom stereocenters. The highest BCUT2D eigenvalue weighted by Crippen LogP contribution is 2.19. The number of piperazine rings is 1. The second kappa shape index (κ2) is 13.3. The van der Waals surface area contributed by atoms with E-state index in [4.69, 9.17) is 9.47 Å². The summed E-state index contributed by atoms with van der Waals surface area (Å²) >= 11 is 0. The highest BCUT2D eigenvalue weighted by Gasteiger charge is 2.26. The number of hydrogen-bond acceptors (Lipinski definition) is 5. The second-order valence-electron chi connectivity index (χ2n) is 9.61. The van der Waals surface area contributed by atoms with Crippen LogP contribution in [0.2, 0.25) is 0 Å². The zero-order chi connectivity index (χ0) is 23.4. The molecule has 0 radical (unpaired) electrons. The Morgan fingerprint density at radius 2 is 1.41 bits per heavy atom. The summed E-state index contributed by atoms with van der Waals surface area (Å²) in [5.74, 6) is -0.255. The third-order valence-electron chi connectivity index (χ3n) is 5.63. The maximum atomic E-state index is 12.3. The van der Waals surface area contributed by atoms with Crippen LogP contribution in [0.1, 0.15) is 89.4 Å². The number of nitrogens with zero attached hydrogens (tertiary/aromatic N) is 2. The van der Waals surface area contributed by atoms with Crippen LogP contribution >= 0.6 is 0 Å². The van der Waals surface area contributed by atoms with Gasteiger partial charge in [-0.3, -0.25) is 0 Å². The monoisotopic (exact) mass is 446 g/mol. The zero-order valence-corrected chi connectivity index (χ0v) is 20.5. The molecular formula is C26H42N2O4. The van der Waals surface area contributed by atoms with Gasteiger partial charge in [-0.2, -0.15) is 0 Å². The minimum absolute atomic E-state index is 0.255. The lowest BCUT2D eigenvalue weighted by Crippen LogP contribution is -2.50. The van der Waals surface area contributed by atoms with Crippen LogP contribution in [0.4, 0.5) is 10.5 Å². The number of rotatable bonds is 11. The van der Waals surface area contributed by atoms with Gasteiger partial charge in [-0.05, 0) is 51.5 Å². The molecular weight excluding hydrogens is 404 g/mol. The predicted molar refractivity (Wildman–Crippen MR) is 129 cm³/mol. The number of benzene rings is 1. The first kappa shape index (κ1) is 26.0. The summed E-state index contributed by atoms with van der Waals surface area (Å²) in [4.78, 5) is 28.5. The van der Waals surface area contributed by atoms with Crippen molar-refractivity contribution in [3.63, 3.8) is 0 Å². The number of carbonyl (C=O) groups is 2. The molecule has 1 aliphatic heterocycles. The second-order valence-corrected chi connectivity index (χ2v) is 9.61. The molecule has 0 atom stereocenters. The van der Waals surface area contributed by atoms with Crippen molar-refractivity contribution in [1.82, 2.24) is 4.90 Å². The van der Waals surface area contributed by atoms with Gasteiger partial charge in [0.25, 0.3) is 0 Å². The van der Waals surface area contributed by atoms with Crippen LogP contribution < -0.4 is 4.90 Å². The van der Waals surface area contributed by atoms with Gasteiger partial charge in [0.05, 0.1) is 12.2 Å². The van der Waals surface area contributed by atoms with E-state index in [0.29, 0.717) is 25.3 Å². The van der Waals surface area contributed by atoms with Gasteiger partial charge in [-0.15, -0.1) is 0 Å². The Bertz CT molecular complexity index is 689. The third kappa shape index (κ3) is 9.49. The maximum absolute atomic E-state index is 12.3. The van der Waals surface area contributed by atoms with Crippen molar-refractivity contribution in [1.29, 1.82) is 0 Å². The minimum atomic E-state index is -0.479. The lowest BCUT2D eigenvalue weighted by molar-refractivity contribution is 0.0240. The first-order valence-corrected chi connectivity index (χ1v) is 12.3. The summed E-state index contributed by atoms with van der Waals surface area (Å²) < 4.78 is 10.9. The zero-order valence-electron chi connectivity index (χ0n) is 20.5. The molecule has 6 heteroatoms. The number of amides is 1. The summed E-state index contributed by atoms with van der Waals surface area (Å²) in [6, 6.07) is 7.56. The SMILES string of the molecule is CCCCCCCCCCOC(=O)c1ccc(N2CCN(C(=O)OC(C)(C)C)CC2)cc1. The maximum Gasteiger partial charge on any atom is 0.410 e. The molecule has 32 heavy (non-hydrogen) atoms. The summed E-state index contributed by atoms with van der Waals surface area (Å²) in [6.45, 7) is 11.1. The fourth-order valence-electron chi connectivity index (χ4n) is 3.77. The molecule has 1 fully saturated rings. The van der Waals surface area contributed by atoms with Crippen molar-refractivity contribution in [3.8, 4) is 0 Å². The lowest BCUT2D eigenvalue weighted by Gasteiger charge is -2.36. The standard InChI is InChI=1S/C26H42N2O4/c1-5-6-7-8-9-10-11-12-21-31-24(29)22-13-15-23(16-14-22)27-17-19-28(20-18-27)25(30)32-26(2,3)4/h13-16H,5-12,17-21H2,1-4H3. The van der Waals surface area contributed by atoms with Crippen molar-refractivity contribution in [2.24, 2.45) is 0 Å². The van der Waals surface area contributed by atoms with Gasteiger partial charge in [0.15, 0.2) is 0 Å². The number of hydrogen-bond donors (Lipinski definition) is 0. The fourth-order valence-corrected chi connectivity index (χ4v) is 3.77. The van der Waals surface area contributed by atoms with E-state index in [0.717, 1.165) is 31.6 Å². The number of carbonyl (C=O) groups excluding carboxylic acids is 2. The first-order chi connectivity index (χ1) is 15.3. The molecule has 0 aromatic heterocycles. The molecule has 0 aliphatic carbocycles. The minimum Gasteiger partial charge on any atom is -0.462 e. The quantitative estimate of drug-likeness (QED) is 0.306. The predicted octanol–water partition coefficient (Wildman–Crippen LogP) is 6.04. The molecule has 0 saturated carbocycles. The van der Waals surface area contributed by atoms with Crippen LogP contribution in [-0.4, -0.2) is 55.3 Å². The molecule has 1 saturated heterocycles. The van der Waals surface area contributed by atoms with Crippen LogP contribution in [0.5, 0.6) is 0 Å². The average molecular weight is 447 g/mol. The smallest absolute Gasteiger partial charge is 0.410 e. The Balaban J connectivity index is 1.66. The highest BCUT2D eigenvalue weighted by molar-refractivity contribution is 5.89. The molecule has 0 N–H and O–H groups in total. The Morgan fingerprint density at radius 1 is 0.844 bits per heavy atom. The third-order valence-corrected chi connectivity index (χ3v) is 5.63. The van der Waals surface area contributed by atoms with Gasteiger partial charge in [0, 0.05) is 31.9 Å². The van der Waals surface area contributed by atoms with Gasteiger partial charge in [0.1, 0.15) is 5.60 Å². The molecule has 1 heterocycles. The van der Waals surface area contributed by atoms with Gasteiger partial charge >= 0.3 is 12.1 Å². The highest BCUT2D eigenvalue weighted by atomic mass is 16.6. The Labute approximate surface area is 194 Å². The van der Waals surface area contributed by atoms with Crippen LogP contribution in [0.25, 0.3) is 0 Å². The van der Waals surface area contributed by atoms with Crippen molar-refractivity contribution >= 4 is 17.7 Å². The average Bonchev–Trinajstić information content (AvgIpc) is 2.77. The summed E-state index contributed by atoms with van der Waals surface area (Å²) in [6.07, 6.45) is 9.55. The van der Waals surface area contributed by atoms with Crippen molar-refractivity contribution in [3.05, 3.63) is 29.8 Å². The van der Waals surface area contributed by atoms with E-state index in [1.165, 1.54) is 38.5 Å². The molecule has 1 amide bonds. The van der Waals surface area contributed by atoms with E-state index in [-0.39, 0.29) is 12.1 Å². The van der Waals surface area contributed by atoms with Crippen LogP contribution in [-0.2, 0) is 9.47 Å². The van der Waals surface area contributed by atoms with E-state index < -0.39 is 5.60 Å². The van der Waals surface area contributed by atoms with E-state index >= 15 is 0 Å². The van der Waals surface area contributed by atoms with E-state index in [2.05, 4.69) is 11.8 Å². The van der Waals surface area contributed by atoms with Crippen molar-refractivity contribution in [2.75, 3.05) is 37.7 Å². The number of anilines is 1. The largest absolute Gasteiger partial charge is 0.462 e. The first-order valence-electron chi connectivity index (χ1n) is 12.3. The molecule has 180 valence electrons. The topological polar surface area (TPSA) is 59.1 Å². The van der Waals surface area contributed by atoms with Crippen LogP contribution in [0, 0.1) is 0 Å². The number of unbranched alkanes of at least 4 members (excludes halogenated alkanes) is 7. The fraction of sp³-hybridized carbons (Fsp3) is 0.692. The summed E-state index contributed by atoms with van der Waals surface area (Å²) in [5, 5.41) is 0. The molecule has 1 aliphatic rings. The van der Waals surface area contributed by atoms with E-state index in [1.807, 2.05) is 45.0 Å². The van der Waals surface area contributed by atoms with Crippen LogP contribution in [0.15, 0.2) is 24.3 Å². The summed E-state index contributed by atoms with van der Waals surface area (Å²) in [7, 11) is 0. The molecule has 1 aromatic carbocycles. The summed E-state index contributed by atoms with van der Waals surface area (Å²) in [5.41, 5.74) is 1.15. The Hall–Kier alpha value is -2.24. The van der Waals surface area contributed by atoms with Crippen LogP contribution in [0.3, 0.4) is 0 Å². The van der Waals surface area contributed by atoms with Gasteiger partial charge in [0.2, 0.25) is 0 Å². The normalized spacial score (nSPS) is 14.4. The van der Waals surface area contributed by atoms with E-state index in [1.54, 1.807) is 4.90 Å². The van der Waals surface area contributed by atoms with Crippen molar-refractivity contribution in [2.45, 2.75) is 84.7 Å². The lowest BCUT2D eigenvalue weighted by atomic mass is 10.1. The molecule has 6 nitrogen and oxygen atoms in total. The number of ether oxygens (including phenoxy) is 2. The Kier molecular flexibility index (Phi) is 10.8. The van der Waals surface area contributed by atoms with E-state index in [9.17, 15) is 9.59 Å². The van der Waals surface area contributed by atoms with Gasteiger partial charge in [-0.25, -0.2) is 9.59 Å². The molecule has 0 spiro atoms. The Morgan fingerprint density at radius 3 is 1.97 bits per heavy atom. The molecule has 2 rings (SSSR count). The molecule has 0 bridgehead atoms. The molecule has 1 aromatic rings.